The predicted molar refractivity (Wildman–Crippen MR) is 55.9 cm³/mol. The minimum absolute atomic E-state index is 0.0960. The fourth-order valence-corrected chi connectivity index (χ4v) is 2.42. The zero-order chi connectivity index (χ0) is 10.0. The highest BCUT2D eigenvalue weighted by Crippen LogP contribution is 2.28. The molecule has 0 N–H and O–H groups in total. The second-order valence-corrected chi connectivity index (χ2v) is 5.15. The van der Waals surface area contributed by atoms with E-state index in [4.69, 9.17) is 5.26 Å². The molecule has 1 unspecified atom stereocenters. The number of thiophene rings is 1. The summed E-state index contributed by atoms with van der Waals surface area (Å²) in [4.78, 5) is 12.2. The molecular weight excluding hydrogens is 250 g/mol. The van der Waals surface area contributed by atoms with E-state index >= 15 is 0 Å². The van der Waals surface area contributed by atoms with Crippen LogP contribution in [0.3, 0.4) is 0 Å². The topological polar surface area (TPSA) is 40.9 Å². The summed E-state index contributed by atoms with van der Waals surface area (Å²) in [5.74, 6) is -0.647. The van der Waals surface area contributed by atoms with Crippen molar-refractivity contribution in [2.45, 2.75) is 13.8 Å². The summed E-state index contributed by atoms with van der Waals surface area (Å²) >= 11 is 4.72. The summed E-state index contributed by atoms with van der Waals surface area (Å²) in [5, 5.41) is 8.56. The summed E-state index contributed by atoms with van der Waals surface area (Å²) in [7, 11) is 0. The molecule has 0 aliphatic carbocycles. The van der Waals surface area contributed by atoms with Crippen molar-refractivity contribution in [3.8, 4) is 6.07 Å². The van der Waals surface area contributed by atoms with Gasteiger partial charge in [-0.25, -0.2) is 0 Å². The average Bonchev–Trinajstić information content (AvgIpc) is 2.44. The SMILES string of the molecule is Cc1cc(C(=O)C(C)C#N)sc1Br. The van der Waals surface area contributed by atoms with Crippen molar-refractivity contribution in [2.75, 3.05) is 0 Å². The lowest BCUT2D eigenvalue weighted by Gasteiger charge is -1.96. The van der Waals surface area contributed by atoms with E-state index in [0.29, 0.717) is 4.88 Å². The van der Waals surface area contributed by atoms with Gasteiger partial charge in [0.2, 0.25) is 0 Å². The Kier molecular flexibility index (Phi) is 3.23. The number of rotatable bonds is 2. The van der Waals surface area contributed by atoms with Crippen molar-refractivity contribution < 1.29 is 4.79 Å². The Morgan fingerprint density at radius 3 is 2.77 bits per heavy atom. The molecular formula is C9H8BrNOS. The van der Waals surface area contributed by atoms with Crippen molar-refractivity contribution in [3.05, 3.63) is 20.3 Å². The Balaban J connectivity index is 2.97. The summed E-state index contributed by atoms with van der Waals surface area (Å²) in [5.41, 5.74) is 1.04. The minimum Gasteiger partial charge on any atom is -0.292 e. The zero-order valence-electron chi connectivity index (χ0n) is 7.30. The lowest BCUT2D eigenvalue weighted by atomic mass is 10.1. The molecule has 0 aliphatic rings. The zero-order valence-corrected chi connectivity index (χ0v) is 9.70. The smallest absolute Gasteiger partial charge is 0.189 e. The lowest BCUT2D eigenvalue weighted by Crippen LogP contribution is -2.06. The third-order valence-electron chi connectivity index (χ3n) is 1.69. The minimum atomic E-state index is -0.551. The van der Waals surface area contributed by atoms with Crippen molar-refractivity contribution in [3.63, 3.8) is 0 Å². The molecule has 0 spiro atoms. The van der Waals surface area contributed by atoms with Crippen LogP contribution >= 0.6 is 27.3 Å². The highest BCUT2D eigenvalue weighted by Gasteiger charge is 2.17. The Labute approximate surface area is 89.3 Å². The normalized spacial score (nSPS) is 12.2. The van der Waals surface area contributed by atoms with Crippen LogP contribution in [0.2, 0.25) is 0 Å². The predicted octanol–water partition coefficient (Wildman–Crippen LogP) is 3.16. The van der Waals surface area contributed by atoms with Crippen LogP contribution in [-0.4, -0.2) is 5.78 Å². The van der Waals surface area contributed by atoms with Crippen LogP contribution < -0.4 is 0 Å². The molecule has 4 heteroatoms. The number of nitrogens with zero attached hydrogens (tertiary/aromatic N) is 1. The quantitative estimate of drug-likeness (QED) is 0.764. The largest absolute Gasteiger partial charge is 0.292 e. The van der Waals surface area contributed by atoms with Crippen molar-refractivity contribution >= 4 is 33.0 Å². The summed E-state index contributed by atoms with van der Waals surface area (Å²) < 4.78 is 0.959. The number of halogens is 1. The van der Waals surface area contributed by atoms with E-state index in [-0.39, 0.29) is 5.78 Å². The molecule has 13 heavy (non-hydrogen) atoms. The molecule has 1 rings (SSSR count). The first-order chi connectivity index (χ1) is 6.06. The van der Waals surface area contributed by atoms with E-state index < -0.39 is 5.92 Å². The number of hydrogen-bond donors (Lipinski definition) is 0. The van der Waals surface area contributed by atoms with Crippen molar-refractivity contribution in [2.24, 2.45) is 5.92 Å². The number of nitriles is 1. The van der Waals surface area contributed by atoms with Crippen LogP contribution in [-0.2, 0) is 0 Å². The van der Waals surface area contributed by atoms with Crippen LogP contribution in [0.4, 0.5) is 0 Å². The van der Waals surface area contributed by atoms with Crippen LogP contribution in [0.5, 0.6) is 0 Å². The first-order valence-corrected chi connectivity index (χ1v) is 5.37. The number of hydrogen-bond acceptors (Lipinski definition) is 3. The van der Waals surface area contributed by atoms with E-state index in [9.17, 15) is 4.79 Å². The van der Waals surface area contributed by atoms with Gasteiger partial charge in [0, 0.05) is 0 Å². The molecule has 2 nitrogen and oxygen atoms in total. The van der Waals surface area contributed by atoms with Crippen molar-refractivity contribution in [1.82, 2.24) is 0 Å². The Morgan fingerprint density at radius 2 is 2.38 bits per heavy atom. The average molecular weight is 258 g/mol. The fourth-order valence-electron chi connectivity index (χ4n) is 0.853. The molecule has 0 fully saturated rings. The Bertz CT molecular complexity index is 358. The number of ketones is 1. The molecule has 0 amide bonds. The number of carbonyl (C=O) groups is 1. The molecule has 0 aromatic carbocycles. The maximum absolute atomic E-state index is 11.5. The van der Waals surface area contributed by atoms with E-state index in [1.54, 1.807) is 6.92 Å². The van der Waals surface area contributed by atoms with Crippen LogP contribution in [0.1, 0.15) is 22.2 Å². The van der Waals surface area contributed by atoms with Gasteiger partial charge in [0.25, 0.3) is 0 Å². The summed E-state index contributed by atoms with van der Waals surface area (Å²) in [6, 6.07) is 3.74. The molecule has 0 bridgehead atoms. The second-order valence-electron chi connectivity index (χ2n) is 2.78. The lowest BCUT2D eigenvalue weighted by molar-refractivity contribution is 0.0960. The van der Waals surface area contributed by atoms with Crippen LogP contribution in [0, 0.1) is 24.2 Å². The summed E-state index contributed by atoms with van der Waals surface area (Å²) in [6.45, 7) is 3.54. The molecule has 0 aliphatic heterocycles. The van der Waals surface area contributed by atoms with E-state index in [1.807, 2.05) is 19.1 Å². The molecule has 0 saturated heterocycles. The maximum atomic E-state index is 11.5. The monoisotopic (exact) mass is 257 g/mol. The number of carbonyl (C=O) groups excluding carboxylic acids is 1. The highest BCUT2D eigenvalue weighted by atomic mass is 79.9. The first kappa shape index (κ1) is 10.4. The third kappa shape index (κ3) is 2.17. The molecule has 1 aromatic heterocycles. The Hall–Kier alpha value is -0.660. The van der Waals surface area contributed by atoms with Gasteiger partial charge in [-0.3, -0.25) is 4.79 Å². The number of aryl methyl sites for hydroxylation is 1. The van der Waals surface area contributed by atoms with Crippen molar-refractivity contribution in [1.29, 1.82) is 5.26 Å². The van der Waals surface area contributed by atoms with E-state index in [0.717, 1.165) is 9.35 Å². The van der Waals surface area contributed by atoms with E-state index in [2.05, 4.69) is 15.9 Å². The van der Waals surface area contributed by atoms with Gasteiger partial charge in [-0.15, -0.1) is 11.3 Å². The van der Waals surface area contributed by atoms with Gasteiger partial charge in [0.1, 0.15) is 5.92 Å². The third-order valence-corrected chi connectivity index (χ3v) is 3.84. The van der Waals surface area contributed by atoms with E-state index in [1.165, 1.54) is 11.3 Å². The molecule has 1 aromatic rings. The van der Waals surface area contributed by atoms with Gasteiger partial charge >= 0.3 is 0 Å². The molecule has 0 radical (unpaired) electrons. The molecule has 68 valence electrons. The molecule has 1 heterocycles. The summed E-state index contributed by atoms with van der Waals surface area (Å²) in [6.07, 6.45) is 0. The first-order valence-electron chi connectivity index (χ1n) is 3.76. The van der Waals surface area contributed by atoms with Gasteiger partial charge in [0.05, 0.1) is 14.7 Å². The van der Waals surface area contributed by atoms with Gasteiger partial charge in [-0.1, -0.05) is 0 Å². The van der Waals surface area contributed by atoms with Crippen LogP contribution in [0.15, 0.2) is 9.85 Å². The van der Waals surface area contributed by atoms with Gasteiger partial charge in [-0.2, -0.15) is 5.26 Å². The molecule has 1 atom stereocenters. The number of Topliss-reactive ketones (excluding diaryl/α,β-unsaturated/α-hetero) is 1. The Morgan fingerprint density at radius 1 is 1.77 bits per heavy atom. The highest BCUT2D eigenvalue weighted by molar-refractivity contribution is 9.11. The van der Waals surface area contributed by atoms with Crippen LogP contribution in [0.25, 0.3) is 0 Å². The van der Waals surface area contributed by atoms with Gasteiger partial charge in [0.15, 0.2) is 5.78 Å². The van der Waals surface area contributed by atoms with Gasteiger partial charge in [-0.05, 0) is 41.4 Å². The fraction of sp³-hybridized carbons (Fsp3) is 0.333. The maximum Gasteiger partial charge on any atom is 0.189 e. The van der Waals surface area contributed by atoms with Gasteiger partial charge < -0.3 is 0 Å². The standard InChI is InChI=1S/C9H8BrNOS/c1-5-3-7(13-9(5)10)8(12)6(2)4-11/h3,6H,1-2H3. The second kappa shape index (κ2) is 4.03. The molecule has 0 saturated carbocycles.